The van der Waals surface area contributed by atoms with Crippen LogP contribution >= 0.6 is 17.2 Å². The lowest BCUT2D eigenvalue weighted by atomic mass is 9.82. The topological polar surface area (TPSA) is 89.5 Å². The highest BCUT2D eigenvalue weighted by molar-refractivity contribution is 7.91. The Labute approximate surface area is 435 Å². The highest BCUT2D eigenvalue weighted by Crippen LogP contribution is 2.52. The van der Waals surface area contributed by atoms with Crippen molar-refractivity contribution in [3.8, 4) is 34.5 Å². The Morgan fingerprint density at radius 1 is 0.403 bits per heavy atom. The van der Waals surface area contributed by atoms with E-state index in [0.717, 1.165) is 46.2 Å². The van der Waals surface area contributed by atoms with Crippen LogP contribution in [0.1, 0.15) is 170 Å². The van der Waals surface area contributed by atoms with Gasteiger partial charge in [-0.1, -0.05) is 203 Å². The van der Waals surface area contributed by atoms with Crippen molar-refractivity contribution in [1.29, 1.82) is 0 Å². The molecule has 1 unspecified atom stereocenters. The predicted molar refractivity (Wildman–Crippen MR) is 299 cm³/mol. The second kappa shape index (κ2) is 22.2. The van der Waals surface area contributed by atoms with E-state index in [1.807, 2.05) is 109 Å². The predicted octanol–water partition coefficient (Wildman–Crippen LogP) is 18.4. The van der Waals surface area contributed by atoms with E-state index in [9.17, 15) is 0 Å². The smallest absolute Gasteiger partial charge is 0.408 e. The van der Waals surface area contributed by atoms with Crippen LogP contribution in [0.3, 0.4) is 0 Å². The Morgan fingerprint density at radius 2 is 0.694 bits per heavy atom. The molecule has 0 saturated heterocycles. The van der Waals surface area contributed by atoms with Crippen molar-refractivity contribution in [3.05, 3.63) is 167 Å². The second-order valence-electron chi connectivity index (χ2n) is 23.2. The minimum Gasteiger partial charge on any atom is -0.408 e. The van der Waals surface area contributed by atoms with E-state index in [1.54, 1.807) is 24.3 Å². The van der Waals surface area contributed by atoms with E-state index in [0.29, 0.717) is 23.0 Å². The maximum Gasteiger partial charge on any atom is 0.530 e. The maximum atomic E-state index is 16.2. The monoisotopic (exact) mass is 1030 g/mol. The zero-order valence-electron chi connectivity index (χ0n) is 45.8. The molecule has 0 bridgehead atoms. The summed E-state index contributed by atoms with van der Waals surface area (Å²) in [7, 11) is -9.21. The molecule has 0 aliphatic heterocycles. The van der Waals surface area contributed by atoms with E-state index in [1.165, 1.54) is 0 Å². The average Bonchev–Trinajstić information content (AvgIpc) is 3.31. The van der Waals surface area contributed by atoms with Gasteiger partial charge in [-0.2, -0.15) is 0 Å². The zero-order valence-corrected chi connectivity index (χ0v) is 48.4. The molecule has 0 amide bonds. The van der Waals surface area contributed by atoms with Crippen LogP contribution in [0.2, 0.25) is 0 Å². The van der Waals surface area contributed by atoms with Gasteiger partial charge >= 0.3 is 17.2 Å². The van der Waals surface area contributed by atoms with E-state index in [4.69, 9.17) is 27.1 Å². The maximum absolute atomic E-state index is 16.2. The minimum absolute atomic E-state index is 0.0545. The molecule has 386 valence electrons. The second-order valence-corrected chi connectivity index (χ2v) is 27.1. The highest BCUT2D eigenvalue weighted by Gasteiger charge is 2.37. The molecular weight excluding hydrogens is 955 g/mol. The standard InChI is InChI=1S/C61H78O8P2S/c1-18-60(14,15)43-36-38-53(68-70(64-49-32-24-20-28-45(49)42(3)4)65-50-33-25-21-29-46(50)57(5,6)7)55(40-43)72(62,63)56-41-44(61(16,17)19-2)37-39-54(56)69-71(66-51-34-26-22-30-47(51)58(8,9)10)67-52-35-27-23-31-48(52)59(11,12)13/h20-42H,18-19H2,1-17H3. The van der Waals surface area contributed by atoms with Gasteiger partial charge in [0.15, 0.2) is 0 Å². The first-order valence-electron chi connectivity index (χ1n) is 25.2. The molecule has 0 aliphatic rings. The van der Waals surface area contributed by atoms with Gasteiger partial charge in [0.05, 0.1) is 0 Å². The molecule has 8 nitrogen and oxygen atoms in total. The van der Waals surface area contributed by atoms with Crippen molar-refractivity contribution in [2.75, 3.05) is 0 Å². The molecule has 6 aromatic carbocycles. The minimum atomic E-state index is -4.53. The first-order chi connectivity index (χ1) is 33.6. The Hall–Kier alpha value is -5.07. The van der Waals surface area contributed by atoms with Gasteiger partial charge in [-0.15, -0.1) is 0 Å². The summed E-state index contributed by atoms with van der Waals surface area (Å²) in [5.41, 5.74) is 3.76. The van der Waals surface area contributed by atoms with Crippen LogP contribution in [0.15, 0.2) is 143 Å². The van der Waals surface area contributed by atoms with Gasteiger partial charge in [0.2, 0.25) is 9.84 Å². The molecule has 11 heteroatoms. The van der Waals surface area contributed by atoms with Crippen LogP contribution in [-0.2, 0) is 36.9 Å². The Balaban J connectivity index is 1.58. The van der Waals surface area contributed by atoms with Gasteiger partial charge < -0.3 is 27.1 Å². The average molecular weight is 1030 g/mol. The van der Waals surface area contributed by atoms with Crippen LogP contribution in [0.5, 0.6) is 34.5 Å². The number of hydrogen-bond donors (Lipinski definition) is 0. The molecule has 0 fully saturated rings. The summed E-state index contributed by atoms with van der Waals surface area (Å²) in [5, 5.41) is 0. The van der Waals surface area contributed by atoms with E-state index >= 15 is 8.42 Å². The number of hydrogen-bond acceptors (Lipinski definition) is 8. The molecule has 6 rings (SSSR count). The fourth-order valence-electron chi connectivity index (χ4n) is 8.09. The molecule has 0 radical (unpaired) electrons. The number of rotatable bonds is 19. The van der Waals surface area contributed by atoms with Crippen molar-refractivity contribution in [1.82, 2.24) is 0 Å². The van der Waals surface area contributed by atoms with Crippen LogP contribution in [0.4, 0.5) is 0 Å². The third-order valence-electron chi connectivity index (χ3n) is 13.5. The van der Waals surface area contributed by atoms with Crippen LogP contribution in [0, 0.1) is 0 Å². The van der Waals surface area contributed by atoms with E-state index in [2.05, 4.69) is 118 Å². The van der Waals surface area contributed by atoms with Gasteiger partial charge in [-0.05, 0) is 111 Å². The van der Waals surface area contributed by atoms with E-state index < -0.39 is 37.9 Å². The van der Waals surface area contributed by atoms with Crippen LogP contribution in [-0.4, -0.2) is 8.42 Å². The van der Waals surface area contributed by atoms with Gasteiger partial charge in [-0.3, -0.25) is 0 Å². The zero-order chi connectivity index (χ0) is 53.0. The van der Waals surface area contributed by atoms with Gasteiger partial charge in [-0.25, -0.2) is 8.42 Å². The summed E-state index contributed by atoms with van der Waals surface area (Å²) in [6, 6.07) is 42.1. The molecular formula is C61H78O8P2S. The van der Waals surface area contributed by atoms with Crippen LogP contribution < -0.4 is 27.1 Å². The normalized spacial score (nSPS) is 13.2. The summed E-state index contributed by atoms with van der Waals surface area (Å²) >= 11 is 0. The lowest BCUT2D eigenvalue weighted by Crippen LogP contribution is -2.19. The van der Waals surface area contributed by atoms with Crippen molar-refractivity contribution in [2.45, 2.75) is 173 Å². The number of para-hydroxylation sites is 4. The Bertz CT molecular complexity index is 2860. The summed E-state index contributed by atoms with van der Waals surface area (Å²) in [6.45, 7) is 35.9. The Kier molecular flexibility index (Phi) is 17.3. The first-order valence-corrected chi connectivity index (χ1v) is 28.8. The Morgan fingerprint density at radius 3 is 1.01 bits per heavy atom. The molecule has 1 atom stereocenters. The van der Waals surface area contributed by atoms with E-state index in [-0.39, 0.29) is 43.5 Å². The molecule has 0 spiro atoms. The van der Waals surface area contributed by atoms with Crippen molar-refractivity contribution in [2.24, 2.45) is 0 Å². The van der Waals surface area contributed by atoms with Crippen molar-refractivity contribution >= 4 is 27.0 Å². The lowest BCUT2D eigenvalue weighted by molar-refractivity contribution is 0.373. The number of benzene rings is 6. The molecule has 0 N–H and O–H groups in total. The van der Waals surface area contributed by atoms with Crippen molar-refractivity contribution in [3.63, 3.8) is 0 Å². The highest BCUT2D eigenvalue weighted by atomic mass is 32.2. The largest absolute Gasteiger partial charge is 0.530 e. The van der Waals surface area contributed by atoms with Crippen LogP contribution in [0.25, 0.3) is 0 Å². The third kappa shape index (κ3) is 13.4. The fraction of sp³-hybridized carbons (Fsp3) is 0.410. The van der Waals surface area contributed by atoms with Crippen molar-refractivity contribution < 1.29 is 35.6 Å². The van der Waals surface area contributed by atoms with Gasteiger partial charge in [0.1, 0.15) is 44.3 Å². The fourth-order valence-corrected chi connectivity index (χ4v) is 11.9. The van der Waals surface area contributed by atoms with Gasteiger partial charge in [0, 0.05) is 16.7 Å². The van der Waals surface area contributed by atoms with Gasteiger partial charge in [0.25, 0.3) is 0 Å². The molecule has 72 heavy (non-hydrogen) atoms. The molecule has 0 aromatic heterocycles. The molecule has 6 aromatic rings. The summed E-state index contributed by atoms with van der Waals surface area (Å²) in [5.74, 6) is 2.57. The first kappa shape index (κ1) is 56.2. The summed E-state index contributed by atoms with van der Waals surface area (Å²) in [4.78, 5) is -0.110. The molecule has 0 saturated carbocycles. The summed E-state index contributed by atoms with van der Waals surface area (Å²) < 4.78 is 73.5. The molecule has 0 heterocycles. The SMILES string of the molecule is CCC(C)(C)c1ccc(OP(Oc2ccccc2C(C)C)Oc2ccccc2C(C)(C)C)c(S(=O)(=O)c2cc(C(C)(C)CC)ccc2OP(Oc2ccccc2C(C)(C)C)Oc2ccccc2C(C)(C)C)c1. The summed E-state index contributed by atoms with van der Waals surface area (Å²) in [6.07, 6.45) is 1.50. The lowest BCUT2D eigenvalue weighted by Gasteiger charge is -2.29. The third-order valence-corrected chi connectivity index (χ3v) is 17.3. The number of sulfone groups is 1. The quantitative estimate of drug-likeness (QED) is 0.0741. The molecule has 0 aliphatic carbocycles.